The van der Waals surface area contributed by atoms with Crippen LogP contribution in [-0.2, 0) is 0 Å². The van der Waals surface area contributed by atoms with Gasteiger partial charge in [0, 0.05) is 18.7 Å². The number of amides is 1. The van der Waals surface area contributed by atoms with Crippen molar-refractivity contribution < 1.29 is 4.79 Å². The number of carbonyl (C=O) groups is 1. The van der Waals surface area contributed by atoms with Gasteiger partial charge in [0.2, 0.25) is 0 Å². The van der Waals surface area contributed by atoms with E-state index in [0.717, 1.165) is 38.0 Å². The highest BCUT2D eigenvalue weighted by Gasteiger charge is 2.23. The largest absolute Gasteiger partial charge is 0.338 e. The molecule has 1 N–H and O–H groups in total. The Morgan fingerprint density at radius 2 is 2.11 bits per heavy atom. The Labute approximate surface area is 116 Å². The molecule has 1 atom stereocenters. The number of rotatable bonds is 4. The predicted octanol–water partition coefficient (Wildman–Crippen LogP) is 2.46. The first-order valence-electron chi connectivity index (χ1n) is 7.21. The molecular formula is C16H24N2O. The molecule has 3 nitrogen and oxygen atoms in total. The smallest absolute Gasteiger partial charge is 0.253 e. The second kappa shape index (κ2) is 6.71. The van der Waals surface area contributed by atoms with Gasteiger partial charge < -0.3 is 10.2 Å². The lowest BCUT2D eigenvalue weighted by molar-refractivity contribution is 0.0668. The van der Waals surface area contributed by atoms with Gasteiger partial charge in [-0.15, -0.1) is 0 Å². The third-order valence-corrected chi connectivity index (χ3v) is 3.91. The Kier molecular flexibility index (Phi) is 4.97. The van der Waals surface area contributed by atoms with Gasteiger partial charge in [0.1, 0.15) is 0 Å². The number of hydrogen-bond acceptors (Lipinski definition) is 2. The number of hydrogen-bond donors (Lipinski definition) is 1. The quantitative estimate of drug-likeness (QED) is 0.902. The maximum atomic E-state index is 12.4. The molecule has 1 saturated heterocycles. The molecule has 0 aliphatic carbocycles. The van der Waals surface area contributed by atoms with Gasteiger partial charge in [-0.2, -0.15) is 0 Å². The maximum Gasteiger partial charge on any atom is 0.253 e. The highest BCUT2D eigenvalue weighted by atomic mass is 16.2. The van der Waals surface area contributed by atoms with Gasteiger partial charge in [0.15, 0.2) is 0 Å². The van der Waals surface area contributed by atoms with Crippen LogP contribution in [0.2, 0.25) is 0 Å². The van der Waals surface area contributed by atoms with Crippen molar-refractivity contribution in [1.82, 2.24) is 10.2 Å². The van der Waals surface area contributed by atoms with Crippen molar-refractivity contribution in [2.45, 2.75) is 26.2 Å². The number of nitrogens with zero attached hydrogens (tertiary/aromatic N) is 1. The van der Waals surface area contributed by atoms with Gasteiger partial charge in [0.05, 0.1) is 0 Å². The predicted molar refractivity (Wildman–Crippen MR) is 78.4 cm³/mol. The lowest BCUT2D eigenvalue weighted by atomic mass is 9.94. The van der Waals surface area contributed by atoms with Crippen molar-refractivity contribution in [2.24, 2.45) is 5.92 Å². The van der Waals surface area contributed by atoms with Crippen LogP contribution < -0.4 is 5.32 Å². The minimum absolute atomic E-state index is 0.189. The van der Waals surface area contributed by atoms with E-state index in [-0.39, 0.29) is 5.91 Å². The van der Waals surface area contributed by atoms with Crippen molar-refractivity contribution in [3.63, 3.8) is 0 Å². The van der Waals surface area contributed by atoms with E-state index in [1.54, 1.807) is 0 Å². The fourth-order valence-corrected chi connectivity index (χ4v) is 2.71. The molecule has 0 radical (unpaired) electrons. The molecule has 1 aliphatic heterocycles. The number of aryl methyl sites for hydroxylation is 1. The lowest BCUT2D eigenvalue weighted by Crippen LogP contribution is -2.40. The lowest BCUT2D eigenvalue weighted by Gasteiger charge is -2.33. The fraction of sp³-hybridized carbons (Fsp3) is 0.562. The van der Waals surface area contributed by atoms with E-state index < -0.39 is 0 Å². The van der Waals surface area contributed by atoms with Crippen molar-refractivity contribution in [2.75, 3.05) is 26.7 Å². The number of carbonyl (C=O) groups excluding carboxylic acids is 1. The summed E-state index contributed by atoms with van der Waals surface area (Å²) in [6.45, 7) is 4.90. The molecule has 1 unspecified atom stereocenters. The molecule has 19 heavy (non-hydrogen) atoms. The van der Waals surface area contributed by atoms with Crippen LogP contribution in [0.1, 0.15) is 35.2 Å². The zero-order chi connectivity index (χ0) is 13.7. The van der Waals surface area contributed by atoms with E-state index in [0.29, 0.717) is 5.92 Å². The van der Waals surface area contributed by atoms with Gasteiger partial charge in [-0.3, -0.25) is 4.79 Å². The van der Waals surface area contributed by atoms with E-state index in [1.807, 2.05) is 43.1 Å². The SMILES string of the molecule is CNCCC1CCCN(C(=O)c2ccc(C)cc2)C1. The third-order valence-electron chi connectivity index (χ3n) is 3.91. The van der Waals surface area contributed by atoms with Crippen LogP contribution in [-0.4, -0.2) is 37.5 Å². The van der Waals surface area contributed by atoms with Gasteiger partial charge in [-0.1, -0.05) is 17.7 Å². The Hall–Kier alpha value is -1.35. The highest BCUT2D eigenvalue weighted by Crippen LogP contribution is 2.21. The number of nitrogens with one attached hydrogen (secondary N) is 1. The summed E-state index contributed by atoms with van der Waals surface area (Å²) in [5.74, 6) is 0.838. The van der Waals surface area contributed by atoms with Crippen molar-refractivity contribution in [3.8, 4) is 0 Å². The summed E-state index contributed by atoms with van der Waals surface area (Å²) in [5.41, 5.74) is 2.02. The first-order valence-corrected chi connectivity index (χ1v) is 7.21. The minimum atomic E-state index is 0.189. The normalized spacial score (nSPS) is 19.5. The molecular weight excluding hydrogens is 236 g/mol. The molecule has 1 aliphatic rings. The van der Waals surface area contributed by atoms with E-state index in [4.69, 9.17) is 0 Å². The maximum absolute atomic E-state index is 12.4. The summed E-state index contributed by atoms with van der Waals surface area (Å²) in [6, 6.07) is 7.90. The fourth-order valence-electron chi connectivity index (χ4n) is 2.71. The summed E-state index contributed by atoms with van der Waals surface area (Å²) in [7, 11) is 1.98. The summed E-state index contributed by atoms with van der Waals surface area (Å²) < 4.78 is 0. The van der Waals surface area contributed by atoms with Gasteiger partial charge in [-0.25, -0.2) is 0 Å². The van der Waals surface area contributed by atoms with Crippen LogP contribution in [0.3, 0.4) is 0 Å². The average Bonchev–Trinajstić information content (AvgIpc) is 2.45. The molecule has 104 valence electrons. The average molecular weight is 260 g/mol. The molecule has 0 saturated carbocycles. The van der Waals surface area contributed by atoms with Crippen molar-refractivity contribution in [3.05, 3.63) is 35.4 Å². The Morgan fingerprint density at radius 3 is 2.79 bits per heavy atom. The number of piperidine rings is 1. The zero-order valence-corrected chi connectivity index (χ0v) is 12.0. The molecule has 1 amide bonds. The topological polar surface area (TPSA) is 32.3 Å². The van der Waals surface area contributed by atoms with Crippen LogP contribution in [0.4, 0.5) is 0 Å². The summed E-state index contributed by atoms with van der Waals surface area (Å²) >= 11 is 0. The van der Waals surface area contributed by atoms with Crippen molar-refractivity contribution in [1.29, 1.82) is 0 Å². The summed E-state index contributed by atoms with van der Waals surface area (Å²) in [5, 5.41) is 3.19. The Bertz CT molecular complexity index is 413. The van der Waals surface area contributed by atoms with E-state index in [2.05, 4.69) is 5.32 Å². The summed E-state index contributed by atoms with van der Waals surface area (Å²) in [4.78, 5) is 14.5. The van der Waals surface area contributed by atoms with Crippen LogP contribution in [0, 0.1) is 12.8 Å². The minimum Gasteiger partial charge on any atom is -0.338 e. The Morgan fingerprint density at radius 1 is 1.37 bits per heavy atom. The van der Waals surface area contributed by atoms with E-state index >= 15 is 0 Å². The first-order chi connectivity index (χ1) is 9.20. The molecule has 1 aromatic carbocycles. The molecule has 3 heteroatoms. The van der Waals surface area contributed by atoms with E-state index in [1.165, 1.54) is 12.0 Å². The van der Waals surface area contributed by atoms with Crippen LogP contribution in [0.25, 0.3) is 0 Å². The molecule has 0 spiro atoms. The van der Waals surface area contributed by atoms with Gasteiger partial charge in [0.25, 0.3) is 5.91 Å². The first kappa shape index (κ1) is 14.1. The molecule has 0 aromatic heterocycles. The Balaban J connectivity index is 1.96. The molecule has 0 bridgehead atoms. The second-order valence-electron chi connectivity index (χ2n) is 5.52. The third kappa shape index (κ3) is 3.80. The van der Waals surface area contributed by atoms with E-state index in [9.17, 15) is 4.79 Å². The standard InChI is InChI=1S/C16H24N2O/c1-13-5-7-15(8-6-13)16(19)18-11-3-4-14(12-18)9-10-17-2/h5-8,14,17H,3-4,9-12H2,1-2H3. The van der Waals surface area contributed by atoms with Crippen LogP contribution >= 0.6 is 0 Å². The highest BCUT2D eigenvalue weighted by molar-refractivity contribution is 5.94. The molecule has 1 aromatic rings. The number of likely N-dealkylation sites (tertiary alicyclic amines) is 1. The molecule has 1 fully saturated rings. The van der Waals surface area contributed by atoms with Gasteiger partial charge in [-0.05, 0) is 57.8 Å². The zero-order valence-electron chi connectivity index (χ0n) is 12.0. The monoisotopic (exact) mass is 260 g/mol. The van der Waals surface area contributed by atoms with Crippen LogP contribution in [0.15, 0.2) is 24.3 Å². The molecule has 1 heterocycles. The molecule has 2 rings (SSSR count). The second-order valence-corrected chi connectivity index (χ2v) is 5.52. The summed E-state index contributed by atoms with van der Waals surface area (Å²) in [6.07, 6.45) is 3.54. The van der Waals surface area contributed by atoms with Crippen LogP contribution in [0.5, 0.6) is 0 Å². The van der Waals surface area contributed by atoms with Crippen molar-refractivity contribution >= 4 is 5.91 Å². The number of benzene rings is 1. The van der Waals surface area contributed by atoms with Gasteiger partial charge >= 0.3 is 0 Å².